The van der Waals surface area contributed by atoms with E-state index in [4.69, 9.17) is 0 Å². The van der Waals surface area contributed by atoms with Gasteiger partial charge in [0, 0.05) is 52.4 Å². The van der Waals surface area contributed by atoms with Gasteiger partial charge < -0.3 is 9.80 Å². The van der Waals surface area contributed by atoms with Crippen molar-refractivity contribution in [2.75, 3.05) is 28.2 Å². The van der Waals surface area contributed by atoms with Crippen molar-refractivity contribution in [2.45, 2.75) is 77.8 Å². The van der Waals surface area contributed by atoms with Crippen LogP contribution < -0.4 is 0 Å². The Kier molecular flexibility index (Phi) is 11.1. The first-order chi connectivity index (χ1) is 11.8. The molecule has 0 unspecified atom stereocenters. The third-order valence-electron chi connectivity index (χ3n) is 3.77. The van der Waals surface area contributed by atoms with Gasteiger partial charge in [-0.3, -0.25) is 0 Å². The van der Waals surface area contributed by atoms with Crippen LogP contribution in [-0.4, -0.2) is 54.1 Å². The van der Waals surface area contributed by atoms with Gasteiger partial charge in [0.15, 0.2) is 0 Å². The molecule has 0 aliphatic carbocycles. The van der Waals surface area contributed by atoms with Crippen molar-refractivity contribution < 1.29 is 0 Å². The van der Waals surface area contributed by atoms with Crippen LogP contribution in [0.1, 0.15) is 38.5 Å². The topological polar surface area (TPSA) is 6.48 Å². The second-order valence-electron chi connectivity index (χ2n) is 9.49. The third-order valence-corrected chi connectivity index (χ3v) is 5.62. The average Bonchev–Trinajstić information content (AvgIpc) is 2.44. The van der Waals surface area contributed by atoms with Gasteiger partial charge in [-0.1, -0.05) is 39.3 Å². The molecule has 26 heavy (non-hydrogen) atoms. The van der Waals surface area contributed by atoms with Gasteiger partial charge in [0.05, 0.1) is 0 Å². The van der Waals surface area contributed by atoms with E-state index >= 15 is 0 Å². The van der Waals surface area contributed by atoms with Crippen LogP contribution in [0.2, 0.25) is 39.3 Å². The van der Waals surface area contributed by atoms with Gasteiger partial charge in [-0.15, -0.1) is 22.9 Å². The van der Waals surface area contributed by atoms with Crippen molar-refractivity contribution in [1.82, 2.24) is 9.80 Å². The summed E-state index contributed by atoms with van der Waals surface area (Å²) in [7, 11) is 6.18. The molecule has 148 valence electrons. The molecule has 0 rings (SSSR count). The predicted octanol–water partition coefficient (Wildman–Crippen LogP) is 5.42. The normalized spacial score (nSPS) is 12.4. The molecule has 0 aromatic carbocycles. The maximum absolute atomic E-state index is 3.47. The molecular formula is C22H42N2Si2. The van der Waals surface area contributed by atoms with Crippen molar-refractivity contribution in [1.29, 1.82) is 0 Å². The lowest BCUT2D eigenvalue weighted by Gasteiger charge is -2.27. The van der Waals surface area contributed by atoms with Gasteiger partial charge in [-0.25, -0.2) is 0 Å². The lowest BCUT2D eigenvalue weighted by Crippen LogP contribution is -2.21. The highest BCUT2D eigenvalue weighted by atomic mass is 28.3. The zero-order valence-electron chi connectivity index (χ0n) is 19.1. The third kappa shape index (κ3) is 13.1. The number of rotatable bonds is 8. The number of hydrogen-bond acceptors (Lipinski definition) is 2. The van der Waals surface area contributed by atoms with Gasteiger partial charge in [0.25, 0.3) is 0 Å². The smallest absolute Gasteiger partial charge is 0.129 e. The van der Waals surface area contributed by atoms with E-state index in [0.717, 1.165) is 38.5 Å². The van der Waals surface area contributed by atoms with Crippen molar-refractivity contribution >= 4 is 16.1 Å². The summed E-state index contributed by atoms with van der Waals surface area (Å²) in [5.41, 5.74) is 9.84. The van der Waals surface area contributed by atoms with E-state index < -0.39 is 16.1 Å². The van der Waals surface area contributed by atoms with Crippen molar-refractivity contribution in [2.24, 2.45) is 0 Å². The highest BCUT2D eigenvalue weighted by Gasteiger charge is 2.12. The molecule has 0 heterocycles. The number of allylic oxidation sites excluding steroid dienone is 2. The van der Waals surface area contributed by atoms with E-state index in [1.54, 1.807) is 0 Å². The van der Waals surface area contributed by atoms with E-state index in [9.17, 15) is 0 Å². The minimum absolute atomic E-state index is 1.00. The van der Waals surface area contributed by atoms with Crippen LogP contribution >= 0.6 is 0 Å². The molecule has 0 N–H and O–H groups in total. The summed E-state index contributed by atoms with van der Waals surface area (Å²) in [5.74, 6) is 6.81. The Hall–Kier alpha value is -1.11. The average molecular weight is 391 g/mol. The number of unbranched alkanes of at least 4 members (excludes halogenated alkanes) is 2. The Bertz CT molecular complexity index is 516. The van der Waals surface area contributed by atoms with Crippen LogP contribution in [0.5, 0.6) is 0 Å². The van der Waals surface area contributed by atoms with Crippen LogP contribution in [0.4, 0.5) is 0 Å². The summed E-state index contributed by atoms with van der Waals surface area (Å²) in [6.07, 6.45) is 6.48. The van der Waals surface area contributed by atoms with E-state index in [1.807, 2.05) is 0 Å². The van der Waals surface area contributed by atoms with Crippen molar-refractivity contribution in [3.63, 3.8) is 0 Å². The van der Waals surface area contributed by atoms with E-state index in [2.05, 4.69) is 100 Å². The number of nitrogens with zero attached hydrogens (tertiary/aromatic N) is 2. The largest absolute Gasteiger partial charge is 0.380 e. The van der Waals surface area contributed by atoms with E-state index in [-0.39, 0.29) is 0 Å². The molecule has 0 radical (unpaired) electrons. The molecule has 0 spiro atoms. The minimum atomic E-state index is -1.24. The monoisotopic (exact) mass is 390 g/mol. The molecule has 0 aromatic heterocycles. The molecule has 0 aliphatic rings. The Morgan fingerprint density at radius 1 is 0.615 bits per heavy atom. The zero-order valence-corrected chi connectivity index (χ0v) is 21.1. The van der Waals surface area contributed by atoms with Crippen molar-refractivity contribution in [3.8, 4) is 22.9 Å². The summed E-state index contributed by atoms with van der Waals surface area (Å²) in [6.45, 7) is 13.8. The molecule has 0 bridgehead atoms. The molecule has 0 amide bonds. The van der Waals surface area contributed by atoms with Crippen molar-refractivity contribution in [3.05, 3.63) is 11.4 Å². The van der Waals surface area contributed by atoms with Gasteiger partial charge in [-0.05, 0) is 25.7 Å². The molecule has 0 atom stereocenters. The summed E-state index contributed by atoms with van der Waals surface area (Å²) in [4.78, 5) is 4.57. The second-order valence-corrected chi connectivity index (χ2v) is 19.0. The fourth-order valence-electron chi connectivity index (χ4n) is 2.60. The van der Waals surface area contributed by atoms with Crippen LogP contribution in [-0.2, 0) is 0 Å². The first-order valence-electron chi connectivity index (χ1n) is 9.90. The molecular weight excluding hydrogens is 348 g/mol. The quantitative estimate of drug-likeness (QED) is 0.310. The van der Waals surface area contributed by atoms with Gasteiger partial charge in [-0.2, -0.15) is 0 Å². The highest BCUT2D eigenvalue weighted by molar-refractivity contribution is 6.84. The predicted molar refractivity (Wildman–Crippen MR) is 124 cm³/mol. The summed E-state index contributed by atoms with van der Waals surface area (Å²) < 4.78 is 0. The SMILES string of the molecule is CN(C)/C(CCCC#C[Si](C)(C)C)=C(/CCCC#C[Si](C)(C)C)N(C)C. The number of hydrogen-bond donors (Lipinski definition) is 0. The maximum Gasteiger partial charge on any atom is 0.129 e. The highest BCUT2D eigenvalue weighted by Crippen LogP contribution is 2.21. The summed E-state index contributed by atoms with van der Waals surface area (Å²) >= 11 is 0. The first kappa shape index (κ1) is 24.9. The molecule has 0 aromatic rings. The van der Waals surface area contributed by atoms with Crippen LogP contribution in [0.15, 0.2) is 11.4 Å². The van der Waals surface area contributed by atoms with Crippen LogP contribution in [0.25, 0.3) is 0 Å². The molecule has 0 saturated carbocycles. The Morgan fingerprint density at radius 2 is 0.923 bits per heavy atom. The van der Waals surface area contributed by atoms with Crippen LogP contribution in [0, 0.1) is 22.9 Å². The summed E-state index contributed by atoms with van der Waals surface area (Å²) in [6, 6.07) is 0. The maximum atomic E-state index is 3.47. The van der Waals surface area contributed by atoms with Gasteiger partial charge in [0.2, 0.25) is 0 Å². The minimum Gasteiger partial charge on any atom is -0.380 e. The van der Waals surface area contributed by atoms with Crippen LogP contribution in [0.3, 0.4) is 0 Å². The van der Waals surface area contributed by atoms with Gasteiger partial charge >= 0.3 is 0 Å². The zero-order chi connectivity index (χ0) is 20.4. The Morgan fingerprint density at radius 3 is 1.15 bits per heavy atom. The van der Waals surface area contributed by atoms with E-state index in [1.165, 1.54) is 11.4 Å². The molecule has 0 fully saturated rings. The Labute approximate surface area is 166 Å². The summed E-state index contributed by atoms with van der Waals surface area (Å²) in [5, 5.41) is 0. The fraction of sp³-hybridized carbons (Fsp3) is 0.727. The Balaban J connectivity index is 4.89. The van der Waals surface area contributed by atoms with E-state index in [0.29, 0.717) is 0 Å². The van der Waals surface area contributed by atoms with Gasteiger partial charge in [0.1, 0.15) is 16.1 Å². The molecule has 2 nitrogen and oxygen atoms in total. The second kappa shape index (κ2) is 11.6. The standard InChI is InChI=1S/C22H42N2Si2/c1-23(2)21(17-13-11-15-19-25(5,6)7)22(24(3)4)18-14-12-16-20-26(8,9)10/h11-14,17-18H2,1-10H3/b22-21-. The first-order valence-corrected chi connectivity index (χ1v) is 16.9. The fourth-order valence-corrected chi connectivity index (χ4v) is 3.91. The molecule has 4 heteroatoms. The molecule has 0 saturated heterocycles. The lowest BCUT2D eigenvalue weighted by atomic mass is 10.1. The molecule has 0 aliphatic heterocycles. The lowest BCUT2D eigenvalue weighted by molar-refractivity contribution is 0.405.